The van der Waals surface area contributed by atoms with Crippen molar-refractivity contribution in [1.29, 1.82) is 0 Å². The Balaban J connectivity index is 1.67. The second kappa shape index (κ2) is 7.55. The van der Waals surface area contributed by atoms with Crippen molar-refractivity contribution in [3.8, 4) is 11.1 Å². The van der Waals surface area contributed by atoms with E-state index in [1.165, 1.54) is 12.1 Å². The molecule has 0 aliphatic heterocycles. The normalized spacial score (nSPS) is 10.4. The number of benzene rings is 3. The van der Waals surface area contributed by atoms with Crippen LogP contribution in [0.15, 0.2) is 78.9 Å². The van der Waals surface area contributed by atoms with Gasteiger partial charge in [-0.05, 0) is 35.7 Å². The number of nitrogens with one attached hydrogen (secondary N) is 1. The number of hydrogen-bond acceptors (Lipinski definition) is 1. The van der Waals surface area contributed by atoms with E-state index in [1.54, 1.807) is 12.1 Å². The van der Waals surface area contributed by atoms with E-state index >= 15 is 0 Å². The lowest BCUT2D eigenvalue weighted by molar-refractivity contribution is -0.116. The Morgan fingerprint density at radius 1 is 0.833 bits per heavy atom. The molecule has 0 aliphatic rings. The molecule has 0 spiro atoms. The third-order valence-corrected chi connectivity index (χ3v) is 3.84. The first kappa shape index (κ1) is 15.9. The number of carbonyl (C=O) groups excluding carboxylic acids is 1. The lowest BCUT2D eigenvalue weighted by atomic mass is 10.0. The molecule has 3 aromatic rings. The molecular formula is C21H18FNO. The molecule has 0 unspecified atom stereocenters. The summed E-state index contributed by atoms with van der Waals surface area (Å²) in [4.78, 5) is 12.3. The number of carbonyl (C=O) groups is 1. The van der Waals surface area contributed by atoms with Crippen LogP contribution >= 0.6 is 0 Å². The fourth-order valence-corrected chi connectivity index (χ4v) is 2.58. The van der Waals surface area contributed by atoms with Gasteiger partial charge in [-0.1, -0.05) is 60.7 Å². The lowest BCUT2D eigenvalue weighted by Gasteiger charge is -2.11. The van der Waals surface area contributed by atoms with Gasteiger partial charge in [0, 0.05) is 17.7 Å². The van der Waals surface area contributed by atoms with Gasteiger partial charge in [-0.3, -0.25) is 4.79 Å². The van der Waals surface area contributed by atoms with Gasteiger partial charge in [0.2, 0.25) is 5.91 Å². The topological polar surface area (TPSA) is 29.1 Å². The molecule has 0 saturated heterocycles. The summed E-state index contributed by atoms with van der Waals surface area (Å²) in [6.45, 7) is 0. The highest BCUT2D eigenvalue weighted by Gasteiger charge is 2.08. The number of anilines is 1. The van der Waals surface area contributed by atoms with Crippen LogP contribution in [0.3, 0.4) is 0 Å². The monoisotopic (exact) mass is 319 g/mol. The third kappa shape index (κ3) is 4.07. The summed E-state index contributed by atoms with van der Waals surface area (Å²) in [5.74, 6) is -0.317. The molecular weight excluding hydrogens is 301 g/mol. The van der Waals surface area contributed by atoms with E-state index in [0.717, 1.165) is 22.4 Å². The maximum atomic E-state index is 12.9. The van der Waals surface area contributed by atoms with Crippen LogP contribution in [0.5, 0.6) is 0 Å². The second-order valence-corrected chi connectivity index (χ2v) is 5.59. The number of para-hydroxylation sites is 1. The predicted molar refractivity (Wildman–Crippen MR) is 95.2 cm³/mol. The fourth-order valence-electron chi connectivity index (χ4n) is 2.58. The zero-order valence-corrected chi connectivity index (χ0v) is 13.2. The third-order valence-electron chi connectivity index (χ3n) is 3.84. The van der Waals surface area contributed by atoms with Crippen molar-refractivity contribution in [1.82, 2.24) is 0 Å². The van der Waals surface area contributed by atoms with Gasteiger partial charge < -0.3 is 5.32 Å². The van der Waals surface area contributed by atoms with Crippen LogP contribution in [-0.4, -0.2) is 5.91 Å². The van der Waals surface area contributed by atoms with Crippen LogP contribution in [0.4, 0.5) is 10.1 Å². The number of halogens is 1. The van der Waals surface area contributed by atoms with E-state index < -0.39 is 0 Å². The van der Waals surface area contributed by atoms with Gasteiger partial charge in [0.1, 0.15) is 5.82 Å². The highest BCUT2D eigenvalue weighted by Crippen LogP contribution is 2.27. The predicted octanol–water partition coefficient (Wildman–Crippen LogP) is 5.06. The van der Waals surface area contributed by atoms with E-state index in [1.807, 2.05) is 54.6 Å². The SMILES string of the molecule is O=C(CCc1ccc(F)cc1)Nc1ccccc1-c1ccccc1. The maximum Gasteiger partial charge on any atom is 0.224 e. The lowest BCUT2D eigenvalue weighted by Crippen LogP contribution is -2.13. The summed E-state index contributed by atoms with van der Waals surface area (Å²) < 4.78 is 12.9. The molecule has 0 fully saturated rings. The molecule has 2 nitrogen and oxygen atoms in total. The quantitative estimate of drug-likeness (QED) is 0.699. The largest absolute Gasteiger partial charge is 0.326 e. The second-order valence-electron chi connectivity index (χ2n) is 5.59. The van der Waals surface area contributed by atoms with E-state index in [-0.39, 0.29) is 11.7 Å². The van der Waals surface area contributed by atoms with Gasteiger partial charge in [0.25, 0.3) is 0 Å². The molecule has 120 valence electrons. The fraction of sp³-hybridized carbons (Fsp3) is 0.0952. The van der Waals surface area contributed by atoms with Crippen molar-refractivity contribution < 1.29 is 9.18 Å². The molecule has 0 atom stereocenters. The molecule has 1 amide bonds. The molecule has 0 aromatic heterocycles. The average molecular weight is 319 g/mol. The van der Waals surface area contributed by atoms with Crippen molar-refractivity contribution in [3.05, 3.63) is 90.2 Å². The van der Waals surface area contributed by atoms with Crippen molar-refractivity contribution in [2.75, 3.05) is 5.32 Å². The van der Waals surface area contributed by atoms with Crippen molar-refractivity contribution >= 4 is 11.6 Å². The summed E-state index contributed by atoms with van der Waals surface area (Å²) >= 11 is 0. The molecule has 3 heteroatoms. The molecule has 0 bridgehead atoms. The number of amides is 1. The maximum absolute atomic E-state index is 12.9. The van der Waals surface area contributed by atoms with Gasteiger partial charge >= 0.3 is 0 Å². The minimum absolute atomic E-state index is 0.0530. The molecule has 0 heterocycles. The highest BCUT2D eigenvalue weighted by molar-refractivity contribution is 5.95. The van der Waals surface area contributed by atoms with Gasteiger partial charge in [-0.2, -0.15) is 0 Å². The van der Waals surface area contributed by atoms with Gasteiger partial charge in [-0.15, -0.1) is 0 Å². The van der Waals surface area contributed by atoms with Crippen molar-refractivity contribution in [3.63, 3.8) is 0 Å². The summed E-state index contributed by atoms with van der Waals surface area (Å²) in [6.07, 6.45) is 0.939. The van der Waals surface area contributed by atoms with Gasteiger partial charge in [-0.25, -0.2) is 4.39 Å². The van der Waals surface area contributed by atoms with Crippen LogP contribution in [0, 0.1) is 5.82 Å². The Morgan fingerprint density at radius 3 is 2.25 bits per heavy atom. The number of hydrogen-bond donors (Lipinski definition) is 1. The van der Waals surface area contributed by atoms with E-state index in [0.29, 0.717) is 12.8 Å². The highest BCUT2D eigenvalue weighted by atomic mass is 19.1. The van der Waals surface area contributed by atoms with Crippen LogP contribution in [0.1, 0.15) is 12.0 Å². The molecule has 24 heavy (non-hydrogen) atoms. The molecule has 1 N–H and O–H groups in total. The first-order chi connectivity index (χ1) is 11.7. The Morgan fingerprint density at radius 2 is 1.50 bits per heavy atom. The Hall–Kier alpha value is -2.94. The molecule has 3 aromatic carbocycles. The Bertz CT molecular complexity index is 813. The first-order valence-corrected chi connectivity index (χ1v) is 7.91. The summed E-state index contributed by atoms with van der Waals surface area (Å²) in [5, 5.41) is 2.98. The summed E-state index contributed by atoms with van der Waals surface area (Å²) in [5.41, 5.74) is 3.80. The Labute approximate surface area is 141 Å². The van der Waals surface area contributed by atoms with Crippen LogP contribution in [0.25, 0.3) is 11.1 Å². The van der Waals surface area contributed by atoms with Crippen molar-refractivity contribution in [2.24, 2.45) is 0 Å². The minimum atomic E-state index is -0.264. The van der Waals surface area contributed by atoms with E-state index in [2.05, 4.69) is 5.32 Å². The summed E-state index contributed by atoms with van der Waals surface area (Å²) in [7, 11) is 0. The standard InChI is InChI=1S/C21H18FNO/c22-18-13-10-16(11-14-18)12-15-21(24)23-20-9-5-4-8-19(20)17-6-2-1-3-7-17/h1-11,13-14H,12,15H2,(H,23,24). The molecule has 0 saturated carbocycles. The zero-order chi connectivity index (χ0) is 16.8. The number of rotatable bonds is 5. The first-order valence-electron chi connectivity index (χ1n) is 7.91. The van der Waals surface area contributed by atoms with Crippen molar-refractivity contribution in [2.45, 2.75) is 12.8 Å². The van der Waals surface area contributed by atoms with Gasteiger partial charge in [0.05, 0.1) is 0 Å². The zero-order valence-electron chi connectivity index (χ0n) is 13.2. The van der Waals surface area contributed by atoms with Crippen LogP contribution in [-0.2, 0) is 11.2 Å². The smallest absolute Gasteiger partial charge is 0.224 e. The molecule has 0 aliphatic carbocycles. The Kier molecular flexibility index (Phi) is 5.02. The molecule has 0 radical (unpaired) electrons. The molecule has 3 rings (SSSR count). The van der Waals surface area contributed by atoms with E-state index in [9.17, 15) is 9.18 Å². The van der Waals surface area contributed by atoms with Crippen LogP contribution < -0.4 is 5.32 Å². The summed E-state index contributed by atoms with van der Waals surface area (Å²) in [6, 6.07) is 23.9. The van der Waals surface area contributed by atoms with Gasteiger partial charge in [0.15, 0.2) is 0 Å². The average Bonchev–Trinajstić information content (AvgIpc) is 2.62. The van der Waals surface area contributed by atoms with E-state index in [4.69, 9.17) is 0 Å². The number of aryl methyl sites for hydroxylation is 1. The minimum Gasteiger partial charge on any atom is -0.326 e. The van der Waals surface area contributed by atoms with Crippen LogP contribution in [0.2, 0.25) is 0 Å².